The van der Waals surface area contributed by atoms with Crippen molar-refractivity contribution in [2.75, 3.05) is 5.88 Å². The van der Waals surface area contributed by atoms with Crippen LogP contribution in [-0.4, -0.2) is 10.9 Å². The zero-order valence-corrected chi connectivity index (χ0v) is 9.50. The number of rotatable bonds is 3. The Kier molecular flexibility index (Phi) is 3.42. The third-order valence-electron chi connectivity index (χ3n) is 2.35. The Morgan fingerprint density at radius 3 is 2.94 bits per heavy atom. The van der Waals surface area contributed by atoms with E-state index in [2.05, 4.69) is 4.98 Å². The summed E-state index contributed by atoms with van der Waals surface area (Å²) in [5, 5.41) is 1.99. The van der Waals surface area contributed by atoms with Crippen molar-refractivity contribution in [2.24, 2.45) is 0 Å². The summed E-state index contributed by atoms with van der Waals surface area (Å²) in [5.41, 5.74) is 1.01. The van der Waals surface area contributed by atoms with Gasteiger partial charge in [-0.2, -0.15) is 0 Å². The maximum atomic E-state index is 11.2. The van der Waals surface area contributed by atoms with E-state index in [1.807, 2.05) is 30.4 Å². The number of hydrogen-bond acceptors (Lipinski definition) is 1. The minimum absolute atomic E-state index is 0.0746. The summed E-state index contributed by atoms with van der Waals surface area (Å²) in [6.07, 6.45) is 6.63. The lowest BCUT2D eigenvalue weighted by molar-refractivity contribution is 1.24. The van der Waals surface area contributed by atoms with Gasteiger partial charge in [0.1, 0.15) is 0 Å². The number of alkyl halides is 1. The highest BCUT2D eigenvalue weighted by atomic mass is 35.5. The summed E-state index contributed by atoms with van der Waals surface area (Å²) in [7, 11) is 0. The molecule has 0 radical (unpaired) electrons. The highest BCUT2D eigenvalue weighted by molar-refractivity contribution is 6.17. The molecule has 1 aromatic heterocycles. The monoisotopic (exact) mass is 233 g/mol. The van der Waals surface area contributed by atoms with E-state index >= 15 is 0 Å². The first-order valence-corrected chi connectivity index (χ1v) is 5.68. The van der Waals surface area contributed by atoms with E-state index in [1.165, 1.54) is 0 Å². The van der Waals surface area contributed by atoms with Crippen molar-refractivity contribution in [2.45, 2.75) is 6.42 Å². The lowest BCUT2D eigenvalue weighted by Crippen LogP contribution is -2.01. The Bertz CT molecular complexity index is 571. The van der Waals surface area contributed by atoms with Crippen LogP contribution in [0.1, 0.15) is 12.0 Å². The molecule has 0 aliphatic rings. The first kappa shape index (κ1) is 11.0. The summed E-state index contributed by atoms with van der Waals surface area (Å²) in [6, 6.07) is 7.61. The van der Waals surface area contributed by atoms with Gasteiger partial charge >= 0.3 is 0 Å². The summed E-state index contributed by atoms with van der Waals surface area (Å²) >= 11 is 5.59. The largest absolute Gasteiger partial charge is 0.328 e. The van der Waals surface area contributed by atoms with Crippen molar-refractivity contribution < 1.29 is 0 Å². The van der Waals surface area contributed by atoms with Gasteiger partial charge in [0.05, 0.1) is 0 Å². The molecule has 0 aliphatic carbocycles. The van der Waals surface area contributed by atoms with Crippen molar-refractivity contribution in [1.29, 1.82) is 0 Å². The summed E-state index contributed by atoms with van der Waals surface area (Å²) in [4.78, 5) is 13.8. The van der Waals surface area contributed by atoms with E-state index in [0.717, 1.165) is 22.8 Å². The topological polar surface area (TPSA) is 32.9 Å². The number of hydrogen-bond donors (Lipinski definition) is 1. The number of nitrogens with one attached hydrogen (secondary N) is 1. The summed E-state index contributed by atoms with van der Waals surface area (Å²) < 4.78 is 0. The van der Waals surface area contributed by atoms with Crippen LogP contribution in [0.5, 0.6) is 0 Å². The van der Waals surface area contributed by atoms with Gasteiger partial charge in [0.2, 0.25) is 5.56 Å². The average Bonchev–Trinajstić information content (AvgIpc) is 2.29. The number of benzene rings is 1. The highest BCUT2D eigenvalue weighted by Gasteiger charge is 1.94. The average molecular weight is 234 g/mol. The van der Waals surface area contributed by atoms with Crippen LogP contribution in [0.4, 0.5) is 0 Å². The molecule has 0 amide bonds. The molecular formula is C13H12ClNO. The number of fused-ring (bicyclic) bond motifs is 1. The molecule has 1 heterocycles. The lowest BCUT2D eigenvalue weighted by Gasteiger charge is -1.98. The molecule has 0 bridgehead atoms. The van der Waals surface area contributed by atoms with E-state index in [4.69, 9.17) is 11.6 Å². The van der Waals surface area contributed by atoms with E-state index in [-0.39, 0.29) is 5.56 Å². The Hall–Kier alpha value is -1.54. The smallest absolute Gasteiger partial charge is 0.248 e. The van der Waals surface area contributed by atoms with Crippen LogP contribution in [-0.2, 0) is 0 Å². The molecule has 2 rings (SSSR count). The molecule has 2 aromatic rings. The fourth-order valence-electron chi connectivity index (χ4n) is 1.57. The quantitative estimate of drug-likeness (QED) is 0.812. The van der Waals surface area contributed by atoms with Gasteiger partial charge in [-0.05, 0) is 28.8 Å². The van der Waals surface area contributed by atoms with Gasteiger partial charge in [-0.1, -0.05) is 24.3 Å². The number of aromatic nitrogens is 1. The molecule has 3 heteroatoms. The molecule has 16 heavy (non-hydrogen) atoms. The van der Waals surface area contributed by atoms with E-state index < -0.39 is 0 Å². The number of halogens is 1. The Morgan fingerprint density at radius 2 is 2.12 bits per heavy atom. The zero-order chi connectivity index (χ0) is 11.4. The van der Waals surface area contributed by atoms with Crippen LogP contribution < -0.4 is 5.56 Å². The highest BCUT2D eigenvalue weighted by Crippen LogP contribution is 2.14. The Labute approximate surface area is 98.6 Å². The standard InChI is InChI=1S/C13H12ClNO/c14-6-2-1-3-10-4-5-11-9-15-13(16)8-12(11)7-10/h1,3-5,7-9H,2,6H2,(H,15,16). The fraction of sp³-hybridized carbons (Fsp3) is 0.154. The molecule has 1 N–H and O–H groups in total. The Morgan fingerprint density at radius 1 is 1.25 bits per heavy atom. The molecule has 0 saturated heterocycles. The van der Waals surface area contributed by atoms with Crippen LogP contribution in [0.2, 0.25) is 0 Å². The molecule has 0 saturated carbocycles. The molecule has 0 unspecified atom stereocenters. The van der Waals surface area contributed by atoms with Gasteiger partial charge in [0, 0.05) is 18.1 Å². The normalized spacial score (nSPS) is 11.3. The SMILES string of the molecule is O=c1cc2cc(C=CCCCl)ccc2c[nH]1. The van der Waals surface area contributed by atoms with Gasteiger partial charge < -0.3 is 4.98 Å². The van der Waals surface area contributed by atoms with Crippen LogP contribution in [0, 0.1) is 0 Å². The van der Waals surface area contributed by atoms with E-state index in [1.54, 1.807) is 12.3 Å². The lowest BCUT2D eigenvalue weighted by atomic mass is 10.1. The summed E-state index contributed by atoms with van der Waals surface area (Å²) in [5.74, 6) is 0.629. The number of H-pyrrole nitrogens is 1. The van der Waals surface area contributed by atoms with Gasteiger partial charge in [0.25, 0.3) is 0 Å². The first-order valence-electron chi connectivity index (χ1n) is 5.14. The van der Waals surface area contributed by atoms with Crippen molar-refractivity contribution in [3.63, 3.8) is 0 Å². The van der Waals surface area contributed by atoms with Crippen molar-refractivity contribution in [1.82, 2.24) is 4.98 Å². The van der Waals surface area contributed by atoms with Gasteiger partial charge in [-0.15, -0.1) is 11.6 Å². The molecule has 0 fully saturated rings. The van der Waals surface area contributed by atoms with Crippen LogP contribution in [0.15, 0.2) is 41.3 Å². The molecule has 0 spiro atoms. The Balaban J connectivity index is 2.39. The maximum absolute atomic E-state index is 11.2. The zero-order valence-electron chi connectivity index (χ0n) is 8.74. The molecule has 0 atom stereocenters. The maximum Gasteiger partial charge on any atom is 0.248 e. The van der Waals surface area contributed by atoms with Crippen LogP contribution in [0.3, 0.4) is 0 Å². The molecule has 0 aliphatic heterocycles. The second-order valence-electron chi connectivity index (χ2n) is 3.57. The third kappa shape index (κ3) is 2.52. The predicted molar refractivity (Wildman–Crippen MR) is 68.9 cm³/mol. The van der Waals surface area contributed by atoms with Crippen LogP contribution in [0.25, 0.3) is 16.8 Å². The van der Waals surface area contributed by atoms with Crippen LogP contribution >= 0.6 is 11.6 Å². The minimum atomic E-state index is -0.0746. The summed E-state index contributed by atoms with van der Waals surface area (Å²) in [6.45, 7) is 0. The van der Waals surface area contributed by atoms with Gasteiger partial charge in [0.15, 0.2) is 0 Å². The third-order valence-corrected chi connectivity index (χ3v) is 2.57. The van der Waals surface area contributed by atoms with Gasteiger partial charge in [-0.3, -0.25) is 4.79 Å². The number of pyridine rings is 1. The molecular weight excluding hydrogens is 222 g/mol. The second kappa shape index (κ2) is 4.99. The molecule has 82 valence electrons. The van der Waals surface area contributed by atoms with Crippen molar-refractivity contribution in [3.05, 3.63) is 52.5 Å². The van der Waals surface area contributed by atoms with E-state index in [0.29, 0.717) is 5.88 Å². The predicted octanol–water partition coefficient (Wildman–Crippen LogP) is 3.17. The number of allylic oxidation sites excluding steroid dienone is 1. The fourth-order valence-corrected chi connectivity index (χ4v) is 1.69. The van der Waals surface area contributed by atoms with E-state index in [9.17, 15) is 4.79 Å². The number of aromatic amines is 1. The van der Waals surface area contributed by atoms with Crippen molar-refractivity contribution >= 4 is 28.4 Å². The minimum Gasteiger partial charge on any atom is -0.328 e. The van der Waals surface area contributed by atoms with Crippen molar-refractivity contribution in [3.8, 4) is 0 Å². The van der Waals surface area contributed by atoms with Gasteiger partial charge in [-0.25, -0.2) is 0 Å². The second-order valence-corrected chi connectivity index (χ2v) is 3.94. The first-order chi connectivity index (χ1) is 7.79. The molecule has 1 aromatic carbocycles. The molecule has 2 nitrogen and oxygen atoms in total.